The highest BCUT2D eigenvalue weighted by Gasteiger charge is 2.21. The normalized spacial score (nSPS) is 11.4. The third-order valence-electron chi connectivity index (χ3n) is 14.6. The predicted molar refractivity (Wildman–Crippen MR) is 317 cm³/mol. The fourth-order valence-electron chi connectivity index (χ4n) is 9.84. The third kappa shape index (κ3) is 34.7. The zero-order valence-corrected chi connectivity index (χ0v) is 48.1. The van der Waals surface area contributed by atoms with Crippen molar-refractivity contribution in [1.82, 2.24) is 4.98 Å². The molecule has 0 N–H and O–H groups in total. The summed E-state index contributed by atoms with van der Waals surface area (Å²) in [5, 5.41) is 0. The maximum atomic E-state index is 13.9. The number of nitrogens with zero attached hydrogens (tertiary/aromatic N) is 2. The van der Waals surface area contributed by atoms with Gasteiger partial charge >= 0.3 is 5.97 Å². The summed E-state index contributed by atoms with van der Waals surface area (Å²) in [5.74, 6) is 1.72. The van der Waals surface area contributed by atoms with Crippen LogP contribution in [0, 0.1) is 0 Å². The van der Waals surface area contributed by atoms with Crippen LogP contribution in [0.1, 0.15) is 306 Å². The SMILES string of the molecule is CCCCCCCCCCCCCCCCOc1cc(C(=O)Oc2ccc(N=Cc3ccccn3)cc2)cc(OCCCCCCCCCCCCCCCC)c1OCCCCCCCCCCCCCCCC. The van der Waals surface area contributed by atoms with Gasteiger partial charge in [-0.3, -0.25) is 9.98 Å². The van der Waals surface area contributed by atoms with Crippen LogP contribution in [-0.2, 0) is 0 Å². The van der Waals surface area contributed by atoms with Crippen molar-refractivity contribution in [3.8, 4) is 23.0 Å². The second kappa shape index (κ2) is 47.6. The van der Waals surface area contributed by atoms with Gasteiger partial charge in [0.15, 0.2) is 11.5 Å². The van der Waals surface area contributed by atoms with Crippen molar-refractivity contribution in [3.05, 3.63) is 72.1 Å². The lowest BCUT2D eigenvalue weighted by Crippen LogP contribution is -2.12. The van der Waals surface area contributed by atoms with Crippen LogP contribution in [0.3, 0.4) is 0 Å². The summed E-state index contributed by atoms with van der Waals surface area (Å²) < 4.78 is 25.7. The molecular weight excluding hydrogens is 913 g/mol. The van der Waals surface area contributed by atoms with Crippen molar-refractivity contribution >= 4 is 17.9 Å². The van der Waals surface area contributed by atoms with Crippen LogP contribution in [-0.4, -0.2) is 37.0 Å². The van der Waals surface area contributed by atoms with E-state index in [0.29, 0.717) is 48.4 Å². The number of hydrogen-bond donors (Lipinski definition) is 0. The Labute approximate surface area is 455 Å². The molecule has 1 aromatic heterocycles. The van der Waals surface area contributed by atoms with Gasteiger partial charge in [0.05, 0.1) is 43.0 Å². The molecule has 0 fully saturated rings. The second-order valence-corrected chi connectivity index (χ2v) is 21.5. The van der Waals surface area contributed by atoms with E-state index in [4.69, 9.17) is 18.9 Å². The molecule has 0 aliphatic heterocycles. The topological polar surface area (TPSA) is 79.2 Å². The first-order chi connectivity index (χ1) is 36.6. The minimum Gasteiger partial charge on any atom is -0.490 e. The van der Waals surface area contributed by atoms with Gasteiger partial charge in [0.25, 0.3) is 0 Å². The molecule has 0 amide bonds. The van der Waals surface area contributed by atoms with Gasteiger partial charge in [0, 0.05) is 6.20 Å². The molecule has 0 bridgehead atoms. The van der Waals surface area contributed by atoms with E-state index in [2.05, 4.69) is 30.7 Å². The number of carbonyl (C=O) groups is 1. The largest absolute Gasteiger partial charge is 0.490 e. The van der Waals surface area contributed by atoms with E-state index in [0.717, 1.165) is 49.9 Å². The first-order valence-electron chi connectivity index (χ1n) is 31.5. The lowest BCUT2D eigenvalue weighted by molar-refractivity contribution is 0.0733. The Kier molecular flexibility index (Phi) is 41.4. The van der Waals surface area contributed by atoms with E-state index in [9.17, 15) is 4.79 Å². The molecule has 7 nitrogen and oxygen atoms in total. The average Bonchev–Trinajstić information content (AvgIpc) is 3.42. The fraction of sp³-hybridized carbons (Fsp3) is 0.716. The third-order valence-corrected chi connectivity index (χ3v) is 14.6. The molecule has 3 aromatic rings. The number of unbranched alkanes of at least 4 members (excludes halogenated alkanes) is 39. The number of ether oxygens (including phenoxy) is 4. The monoisotopic (exact) mass is 1020 g/mol. The number of aromatic nitrogens is 1. The molecular formula is C67H110N2O5. The van der Waals surface area contributed by atoms with Crippen molar-refractivity contribution in [3.63, 3.8) is 0 Å². The molecule has 0 spiro atoms. The Morgan fingerprint density at radius 1 is 0.419 bits per heavy atom. The summed E-state index contributed by atoms with van der Waals surface area (Å²) in [5.41, 5.74) is 1.91. The van der Waals surface area contributed by atoms with E-state index < -0.39 is 5.97 Å². The molecule has 0 atom stereocenters. The van der Waals surface area contributed by atoms with Crippen LogP contribution in [0.5, 0.6) is 23.0 Å². The van der Waals surface area contributed by atoms with E-state index in [1.54, 1.807) is 36.7 Å². The summed E-state index contributed by atoms with van der Waals surface area (Å²) >= 11 is 0. The van der Waals surface area contributed by atoms with Gasteiger partial charge in [0.1, 0.15) is 5.75 Å². The highest BCUT2D eigenvalue weighted by atomic mass is 16.5. The molecule has 0 saturated carbocycles. The lowest BCUT2D eigenvalue weighted by atomic mass is 10.0. The highest BCUT2D eigenvalue weighted by Crippen LogP contribution is 2.40. The summed E-state index contributed by atoms with van der Waals surface area (Å²) in [6.45, 7) is 8.58. The van der Waals surface area contributed by atoms with Crippen molar-refractivity contribution in [2.45, 2.75) is 290 Å². The minimum atomic E-state index is -0.462. The average molecular weight is 1020 g/mol. The van der Waals surface area contributed by atoms with E-state index >= 15 is 0 Å². The van der Waals surface area contributed by atoms with Gasteiger partial charge in [-0.2, -0.15) is 0 Å². The van der Waals surface area contributed by atoms with Crippen LogP contribution in [0.25, 0.3) is 0 Å². The Morgan fingerprint density at radius 2 is 0.757 bits per heavy atom. The van der Waals surface area contributed by atoms with Gasteiger partial charge < -0.3 is 18.9 Å². The molecule has 1 heterocycles. The van der Waals surface area contributed by atoms with Crippen molar-refractivity contribution in [1.29, 1.82) is 0 Å². The standard InChI is InChI=1S/C67H110N2O5/c1-4-7-10-13-16-19-22-25-28-31-34-37-40-45-54-71-64-57-60(67(70)74-63-51-49-61(50-52-63)69-59-62-48-43-44-53-68-62)58-65(72-55-46-41-38-35-32-29-26-23-20-17-14-11-8-5-2)66(64)73-56-47-42-39-36-33-30-27-24-21-18-15-12-9-6-3/h43-44,48-53,57-59H,4-42,45-47,54-56H2,1-3H3. The maximum Gasteiger partial charge on any atom is 0.343 e. The predicted octanol–water partition coefficient (Wildman–Crippen LogP) is 21.6. The van der Waals surface area contributed by atoms with Gasteiger partial charge in [-0.05, 0) is 67.8 Å². The molecule has 418 valence electrons. The maximum absolute atomic E-state index is 13.9. The molecule has 0 aliphatic carbocycles. The molecule has 0 radical (unpaired) electrons. The van der Waals surface area contributed by atoms with Crippen LogP contribution in [0.4, 0.5) is 5.69 Å². The molecule has 0 unspecified atom stereocenters. The number of aliphatic imine (C=N–C) groups is 1. The zero-order chi connectivity index (χ0) is 52.5. The second-order valence-electron chi connectivity index (χ2n) is 21.5. The molecule has 2 aromatic carbocycles. The molecule has 3 rings (SSSR count). The Balaban J connectivity index is 1.60. The van der Waals surface area contributed by atoms with E-state index in [1.807, 2.05) is 30.3 Å². The molecule has 0 aliphatic rings. The zero-order valence-electron chi connectivity index (χ0n) is 48.1. The molecule has 74 heavy (non-hydrogen) atoms. The van der Waals surface area contributed by atoms with Crippen LogP contribution in [0.2, 0.25) is 0 Å². The fourth-order valence-corrected chi connectivity index (χ4v) is 9.84. The summed E-state index contributed by atoms with van der Waals surface area (Å²) in [4.78, 5) is 22.8. The Bertz CT molecular complexity index is 1690. The Morgan fingerprint density at radius 3 is 1.09 bits per heavy atom. The van der Waals surface area contributed by atoms with Gasteiger partial charge in [-0.1, -0.05) is 277 Å². The number of esters is 1. The summed E-state index contributed by atoms with van der Waals surface area (Å²) in [6.07, 6.45) is 58.5. The first-order valence-corrected chi connectivity index (χ1v) is 31.5. The number of pyridine rings is 1. The van der Waals surface area contributed by atoms with Gasteiger partial charge in [0.2, 0.25) is 5.75 Å². The molecule has 7 heteroatoms. The van der Waals surface area contributed by atoms with Crippen molar-refractivity contribution in [2.24, 2.45) is 4.99 Å². The van der Waals surface area contributed by atoms with Gasteiger partial charge in [-0.15, -0.1) is 0 Å². The number of carbonyl (C=O) groups excluding carboxylic acids is 1. The van der Waals surface area contributed by atoms with Crippen LogP contribution >= 0.6 is 0 Å². The molecule has 0 saturated heterocycles. The smallest absolute Gasteiger partial charge is 0.343 e. The lowest BCUT2D eigenvalue weighted by Gasteiger charge is -2.19. The van der Waals surface area contributed by atoms with Crippen LogP contribution < -0.4 is 18.9 Å². The summed E-state index contributed by atoms with van der Waals surface area (Å²) in [7, 11) is 0. The quantitative estimate of drug-likeness (QED) is 0.0243. The number of hydrogen-bond acceptors (Lipinski definition) is 7. The van der Waals surface area contributed by atoms with E-state index in [1.165, 1.54) is 231 Å². The van der Waals surface area contributed by atoms with Crippen LogP contribution in [0.15, 0.2) is 65.8 Å². The van der Waals surface area contributed by atoms with Crippen molar-refractivity contribution < 1.29 is 23.7 Å². The number of benzene rings is 2. The van der Waals surface area contributed by atoms with Crippen molar-refractivity contribution in [2.75, 3.05) is 19.8 Å². The van der Waals surface area contributed by atoms with E-state index in [-0.39, 0.29) is 0 Å². The Hall–Kier alpha value is -3.87. The summed E-state index contributed by atoms with van der Waals surface area (Å²) in [6, 6.07) is 16.6. The van der Waals surface area contributed by atoms with Gasteiger partial charge in [-0.25, -0.2) is 4.79 Å². The first kappa shape index (κ1) is 64.4. The highest BCUT2D eigenvalue weighted by molar-refractivity contribution is 5.92. The minimum absolute atomic E-state index is 0.387. The number of rotatable bonds is 52.